The van der Waals surface area contributed by atoms with Gasteiger partial charge in [-0.05, 0) is 30.2 Å². The lowest BCUT2D eigenvalue weighted by Gasteiger charge is -2.10. The Balaban J connectivity index is 1.78. The molecule has 0 radical (unpaired) electrons. The Kier molecular flexibility index (Phi) is 4.52. The van der Waals surface area contributed by atoms with Crippen molar-refractivity contribution in [3.63, 3.8) is 0 Å². The Bertz CT molecular complexity index is 901. The summed E-state index contributed by atoms with van der Waals surface area (Å²) in [6.07, 6.45) is 2.42. The van der Waals surface area contributed by atoms with Gasteiger partial charge in [0.25, 0.3) is 0 Å². The van der Waals surface area contributed by atoms with Gasteiger partial charge < -0.3 is 10.6 Å². The van der Waals surface area contributed by atoms with E-state index in [9.17, 15) is 9.59 Å². The average Bonchev–Trinajstić information content (AvgIpc) is 2.62. The third-order valence-electron chi connectivity index (χ3n) is 3.73. The highest BCUT2D eigenvalue weighted by Gasteiger charge is 2.16. The number of nitrogens with one attached hydrogen (secondary N) is 2. The molecule has 0 spiro atoms. The number of aromatic nitrogens is 1. The van der Waals surface area contributed by atoms with Gasteiger partial charge in [0.15, 0.2) is 0 Å². The zero-order valence-electron chi connectivity index (χ0n) is 13.2. The summed E-state index contributed by atoms with van der Waals surface area (Å²) >= 11 is 0. The first-order valence-electron chi connectivity index (χ1n) is 7.73. The molecular weight excluding hydrogens is 302 g/mol. The van der Waals surface area contributed by atoms with Gasteiger partial charge in [-0.25, -0.2) is 0 Å². The molecule has 1 heterocycles. The molecule has 0 saturated heterocycles. The van der Waals surface area contributed by atoms with E-state index in [1.54, 1.807) is 18.3 Å². The Morgan fingerprint density at radius 2 is 1.54 bits per heavy atom. The molecule has 0 saturated carbocycles. The maximum atomic E-state index is 12.2. The molecule has 0 atom stereocenters. The second kappa shape index (κ2) is 6.91. The predicted octanol–water partition coefficient (Wildman–Crippen LogP) is 3.37. The molecule has 0 unspecified atom stereocenters. The Labute approximate surface area is 139 Å². The molecule has 0 fully saturated rings. The van der Waals surface area contributed by atoms with Crippen LogP contribution in [0.25, 0.3) is 10.9 Å². The number of hydrogen-bond donors (Lipinski definition) is 2. The summed E-state index contributed by atoms with van der Waals surface area (Å²) in [7, 11) is 0. The van der Waals surface area contributed by atoms with E-state index in [1.165, 1.54) is 0 Å². The van der Waals surface area contributed by atoms with Crippen LogP contribution in [-0.2, 0) is 16.0 Å². The van der Waals surface area contributed by atoms with Gasteiger partial charge in [-0.3, -0.25) is 14.6 Å². The lowest BCUT2D eigenvalue weighted by Crippen LogP contribution is -2.29. The summed E-state index contributed by atoms with van der Waals surface area (Å²) in [5, 5.41) is 6.18. The lowest BCUT2D eigenvalue weighted by molar-refractivity contribution is -0.132. The van der Waals surface area contributed by atoms with Gasteiger partial charge in [-0.15, -0.1) is 0 Å². The van der Waals surface area contributed by atoms with Gasteiger partial charge in [0, 0.05) is 17.3 Å². The van der Waals surface area contributed by atoms with Gasteiger partial charge in [0.05, 0.1) is 11.2 Å². The van der Waals surface area contributed by atoms with Crippen molar-refractivity contribution in [2.45, 2.75) is 13.3 Å². The molecule has 2 amide bonds. The van der Waals surface area contributed by atoms with Crippen LogP contribution in [-0.4, -0.2) is 16.8 Å². The molecule has 5 heteroatoms. The predicted molar refractivity (Wildman–Crippen MR) is 94.8 cm³/mol. The van der Waals surface area contributed by atoms with Crippen LogP contribution in [0.4, 0.5) is 11.4 Å². The summed E-state index contributed by atoms with van der Waals surface area (Å²) in [5.74, 6) is -1.43. The van der Waals surface area contributed by atoms with Gasteiger partial charge in [-0.1, -0.05) is 43.3 Å². The molecule has 3 aromatic rings. The zero-order chi connectivity index (χ0) is 16.9. The minimum atomic E-state index is -0.723. The van der Waals surface area contributed by atoms with E-state index in [2.05, 4.69) is 15.6 Å². The Morgan fingerprint density at radius 1 is 0.875 bits per heavy atom. The van der Waals surface area contributed by atoms with E-state index in [4.69, 9.17) is 0 Å². The number of rotatable bonds is 3. The van der Waals surface area contributed by atoms with Crippen molar-refractivity contribution in [2.24, 2.45) is 0 Å². The Morgan fingerprint density at radius 3 is 2.33 bits per heavy atom. The maximum Gasteiger partial charge on any atom is 0.314 e. The van der Waals surface area contributed by atoms with E-state index in [1.807, 2.05) is 49.4 Å². The van der Waals surface area contributed by atoms with E-state index in [0.29, 0.717) is 16.9 Å². The number of pyridine rings is 1. The van der Waals surface area contributed by atoms with Crippen LogP contribution in [0.5, 0.6) is 0 Å². The van der Waals surface area contributed by atoms with Crippen molar-refractivity contribution >= 4 is 34.1 Å². The number of hydrogen-bond acceptors (Lipinski definition) is 3. The van der Waals surface area contributed by atoms with Crippen molar-refractivity contribution in [3.8, 4) is 0 Å². The second-order valence-electron chi connectivity index (χ2n) is 5.30. The highest BCUT2D eigenvalue weighted by atomic mass is 16.2. The highest BCUT2D eigenvalue weighted by Crippen LogP contribution is 2.21. The van der Waals surface area contributed by atoms with E-state index in [0.717, 1.165) is 17.4 Å². The lowest BCUT2D eigenvalue weighted by atomic mass is 10.1. The minimum Gasteiger partial charge on any atom is -0.318 e. The van der Waals surface area contributed by atoms with Crippen LogP contribution in [0.15, 0.2) is 60.8 Å². The monoisotopic (exact) mass is 319 g/mol. The summed E-state index contributed by atoms with van der Waals surface area (Å²) in [6, 6.07) is 16.6. The molecule has 0 aliphatic heterocycles. The fourth-order valence-electron chi connectivity index (χ4n) is 2.51. The third kappa shape index (κ3) is 3.25. The minimum absolute atomic E-state index is 0.511. The number of benzene rings is 2. The molecule has 0 bridgehead atoms. The van der Waals surface area contributed by atoms with Crippen molar-refractivity contribution in [1.82, 2.24) is 4.98 Å². The summed E-state index contributed by atoms with van der Waals surface area (Å²) in [5.41, 5.74) is 2.79. The number of aryl methyl sites for hydroxylation is 1. The van der Waals surface area contributed by atoms with Crippen LogP contribution in [0, 0.1) is 0 Å². The highest BCUT2D eigenvalue weighted by molar-refractivity contribution is 6.44. The largest absolute Gasteiger partial charge is 0.318 e. The van der Waals surface area contributed by atoms with Gasteiger partial charge in [-0.2, -0.15) is 0 Å². The standard InChI is InChI=1S/C19H17N3O2/c1-2-13-7-3-4-10-15(13)21-18(23)19(24)22-16-11-5-8-14-9-6-12-20-17(14)16/h3-12H,2H2,1H3,(H,21,23)(H,22,24). The van der Waals surface area contributed by atoms with Gasteiger partial charge >= 0.3 is 11.8 Å². The van der Waals surface area contributed by atoms with Crippen LogP contribution in [0.3, 0.4) is 0 Å². The van der Waals surface area contributed by atoms with Crippen molar-refractivity contribution in [3.05, 3.63) is 66.4 Å². The first-order chi connectivity index (χ1) is 11.7. The Hall–Kier alpha value is -3.21. The molecule has 0 aliphatic rings. The van der Waals surface area contributed by atoms with E-state index < -0.39 is 11.8 Å². The van der Waals surface area contributed by atoms with Crippen LogP contribution < -0.4 is 10.6 Å². The topological polar surface area (TPSA) is 71.1 Å². The molecule has 2 N–H and O–H groups in total. The molecule has 1 aromatic heterocycles. The summed E-state index contributed by atoms with van der Waals surface area (Å²) < 4.78 is 0. The normalized spacial score (nSPS) is 10.4. The third-order valence-corrected chi connectivity index (χ3v) is 3.73. The molecule has 3 rings (SSSR count). The first kappa shape index (κ1) is 15.7. The number of amides is 2. The van der Waals surface area contributed by atoms with E-state index in [-0.39, 0.29) is 0 Å². The van der Waals surface area contributed by atoms with Gasteiger partial charge in [0.2, 0.25) is 0 Å². The maximum absolute atomic E-state index is 12.2. The van der Waals surface area contributed by atoms with Gasteiger partial charge in [0.1, 0.15) is 0 Å². The molecule has 2 aromatic carbocycles. The number of para-hydroxylation sites is 2. The summed E-state index contributed by atoms with van der Waals surface area (Å²) in [4.78, 5) is 28.6. The number of fused-ring (bicyclic) bond motifs is 1. The van der Waals surface area contributed by atoms with Crippen LogP contribution >= 0.6 is 0 Å². The van der Waals surface area contributed by atoms with Crippen molar-refractivity contribution in [1.29, 1.82) is 0 Å². The number of anilines is 2. The van der Waals surface area contributed by atoms with Crippen LogP contribution in [0.2, 0.25) is 0 Å². The summed E-state index contributed by atoms with van der Waals surface area (Å²) in [6.45, 7) is 1.99. The molecule has 0 aliphatic carbocycles. The second-order valence-corrected chi connectivity index (χ2v) is 5.30. The fourth-order valence-corrected chi connectivity index (χ4v) is 2.51. The van der Waals surface area contributed by atoms with Crippen molar-refractivity contribution < 1.29 is 9.59 Å². The molecule has 24 heavy (non-hydrogen) atoms. The quantitative estimate of drug-likeness (QED) is 0.727. The molecule has 120 valence electrons. The van der Waals surface area contributed by atoms with Crippen LogP contribution in [0.1, 0.15) is 12.5 Å². The number of carbonyl (C=O) groups excluding carboxylic acids is 2. The fraction of sp³-hybridized carbons (Fsp3) is 0.105. The average molecular weight is 319 g/mol. The smallest absolute Gasteiger partial charge is 0.314 e. The zero-order valence-corrected chi connectivity index (χ0v) is 13.2. The van der Waals surface area contributed by atoms with Crippen molar-refractivity contribution in [2.75, 3.05) is 10.6 Å². The molecular formula is C19H17N3O2. The van der Waals surface area contributed by atoms with E-state index >= 15 is 0 Å². The first-order valence-corrected chi connectivity index (χ1v) is 7.73. The SMILES string of the molecule is CCc1ccccc1NC(=O)C(=O)Nc1cccc2cccnc12. The number of nitrogens with zero attached hydrogens (tertiary/aromatic N) is 1. The number of carbonyl (C=O) groups is 2. The molecule has 5 nitrogen and oxygen atoms in total.